The van der Waals surface area contributed by atoms with Gasteiger partial charge in [0.05, 0.1) is 0 Å². The van der Waals surface area contributed by atoms with Crippen LogP contribution in [0.25, 0.3) is 0 Å². The second-order valence-electron chi connectivity index (χ2n) is 6.27. The maximum atomic E-state index is 5.62. The van der Waals surface area contributed by atoms with Gasteiger partial charge in [0, 0.05) is 6.04 Å². The fourth-order valence-electron chi connectivity index (χ4n) is 2.04. The highest BCUT2D eigenvalue weighted by molar-refractivity contribution is 4.72. The summed E-state index contributed by atoms with van der Waals surface area (Å²) in [7, 11) is 2.24. The molecule has 0 radical (unpaired) electrons. The summed E-state index contributed by atoms with van der Waals surface area (Å²) in [6, 6.07) is 0.678. The molecular formula is C14H32N2. The molecule has 0 saturated carbocycles. The van der Waals surface area contributed by atoms with E-state index < -0.39 is 0 Å². The highest BCUT2D eigenvalue weighted by Crippen LogP contribution is 2.26. The lowest BCUT2D eigenvalue weighted by molar-refractivity contribution is 0.190. The standard InChI is InChI=1S/C14H32N2/c1-12(2)13(3)16(6)11-7-8-14(4,5)9-10-15/h12-13H,7-11,15H2,1-6H3. The third-order valence-corrected chi connectivity index (χ3v) is 3.85. The van der Waals surface area contributed by atoms with Crippen LogP contribution in [0.3, 0.4) is 0 Å². The van der Waals surface area contributed by atoms with Gasteiger partial charge in [-0.2, -0.15) is 0 Å². The summed E-state index contributed by atoms with van der Waals surface area (Å²) in [4.78, 5) is 2.48. The molecule has 0 saturated heterocycles. The number of hydrogen-bond donors (Lipinski definition) is 1. The van der Waals surface area contributed by atoms with Gasteiger partial charge in [0.25, 0.3) is 0 Å². The van der Waals surface area contributed by atoms with Crippen LogP contribution in [-0.2, 0) is 0 Å². The minimum absolute atomic E-state index is 0.413. The van der Waals surface area contributed by atoms with Crippen LogP contribution in [0.15, 0.2) is 0 Å². The molecule has 0 aromatic heterocycles. The Labute approximate surface area is 103 Å². The fraction of sp³-hybridized carbons (Fsp3) is 1.00. The average Bonchev–Trinajstić information content (AvgIpc) is 2.15. The number of hydrogen-bond acceptors (Lipinski definition) is 2. The van der Waals surface area contributed by atoms with Gasteiger partial charge in [-0.1, -0.05) is 27.7 Å². The van der Waals surface area contributed by atoms with Crippen molar-refractivity contribution in [1.82, 2.24) is 4.90 Å². The molecule has 0 aromatic carbocycles. The molecule has 0 aromatic rings. The molecule has 0 amide bonds. The predicted octanol–water partition coefficient (Wildman–Crippen LogP) is 3.12. The van der Waals surface area contributed by atoms with Crippen molar-refractivity contribution in [2.24, 2.45) is 17.1 Å². The lowest BCUT2D eigenvalue weighted by atomic mass is 9.84. The van der Waals surface area contributed by atoms with Gasteiger partial charge < -0.3 is 10.6 Å². The van der Waals surface area contributed by atoms with E-state index in [1.807, 2.05) is 0 Å². The summed E-state index contributed by atoms with van der Waals surface area (Å²) in [5.41, 5.74) is 6.04. The van der Waals surface area contributed by atoms with E-state index in [1.165, 1.54) is 19.4 Å². The molecule has 0 fully saturated rings. The Bertz CT molecular complexity index is 176. The van der Waals surface area contributed by atoms with Crippen LogP contribution in [0.4, 0.5) is 0 Å². The molecule has 2 nitrogen and oxygen atoms in total. The average molecular weight is 228 g/mol. The molecule has 98 valence electrons. The topological polar surface area (TPSA) is 29.3 Å². The zero-order valence-corrected chi connectivity index (χ0v) is 12.2. The summed E-state index contributed by atoms with van der Waals surface area (Å²) in [5, 5.41) is 0. The van der Waals surface area contributed by atoms with Crippen molar-refractivity contribution in [3.63, 3.8) is 0 Å². The maximum absolute atomic E-state index is 5.62. The minimum Gasteiger partial charge on any atom is -0.330 e. The first-order chi connectivity index (χ1) is 7.30. The van der Waals surface area contributed by atoms with Gasteiger partial charge in [-0.15, -0.1) is 0 Å². The van der Waals surface area contributed by atoms with Gasteiger partial charge in [0.15, 0.2) is 0 Å². The fourth-order valence-corrected chi connectivity index (χ4v) is 2.04. The van der Waals surface area contributed by atoms with Crippen LogP contribution in [-0.4, -0.2) is 31.1 Å². The van der Waals surface area contributed by atoms with E-state index >= 15 is 0 Å². The van der Waals surface area contributed by atoms with Crippen LogP contribution < -0.4 is 5.73 Å². The minimum atomic E-state index is 0.413. The molecule has 1 unspecified atom stereocenters. The van der Waals surface area contributed by atoms with E-state index in [1.54, 1.807) is 0 Å². The Kier molecular flexibility index (Phi) is 7.25. The molecule has 0 rings (SSSR count). The lowest BCUT2D eigenvalue weighted by Gasteiger charge is -2.30. The first kappa shape index (κ1) is 15.9. The third-order valence-electron chi connectivity index (χ3n) is 3.85. The van der Waals surface area contributed by atoms with Crippen LogP contribution in [0.1, 0.15) is 53.9 Å². The van der Waals surface area contributed by atoms with Crippen molar-refractivity contribution >= 4 is 0 Å². The zero-order valence-electron chi connectivity index (χ0n) is 12.2. The van der Waals surface area contributed by atoms with Gasteiger partial charge >= 0.3 is 0 Å². The Morgan fingerprint density at radius 3 is 2.12 bits per heavy atom. The van der Waals surface area contributed by atoms with Crippen molar-refractivity contribution < 1.29 is 0 Å². The molecule has 0 spiro atoms. The summed E-state index contributed by atoms with van der Waals surface area (Å²) < 4.78 is 0. The molecule has 0 heterocycles. The highest BCUT2D eigenvalue weighted by atomic mass is 15.1. The second kappa shape index (κ2) is 7.29. The van der Waals surface area contributed by atoms with E-state index in [0.29, 0.717) is 11.5 Å². The molecule has 0 bridgehead atoms. The van der Waals surface area contributed by atoms with E-state index in [2.05, 4.69) is 46.6 Å². The smallest absolute Gasteiger partial charge is 0.00868 e. The second-order valence-corrected chi connectivity index (χ2v) is 6.27. The SMILES string of the molecule is CC(C)C(C)N(C)CCCC(C)(C)CCN. The molecule has 0 aliphatic rings. The molecule has 0 aliphatic carbocycles. The molecular weight excluding hydrogens is 196 g/mol. The van der Waals surface area contributed by atoms with Gasteiger partial charge in [-0.25, -0.2) is 0 Å². The Hall–Kier alpha value is -0.0800. The highest BCUT2D eigenvalue weighted by Gasteiger charge is 2.18. The predicted molar refractivity (Wildman–Crippen MR) is 73.6 cm³/mol. The summed E-state index contributed by atoms with van der Waals surface area (Å²) in [5.74, 6) is 0.738. The van der Waals surface area contributed by atoms with Crippen LogP contribution in [0.2, 0.25) is 0 Å². The quantitative estimate of drug-likeness (QED) is 0.691. The number of nitrogens with zero attached hydrogens (tertiary/aromatic N) is 1. The van der Waals surface area contributed by atoms with Crippen molar-refractivity contribution in [1.29, 1.82) is 0 Å². The van der Waals surface area contributed by atoms with Crippen molar-refractivity contribution in [2.75, 3.05) is 20.1 Å². The molecule has 0 aliphatic heterocycles. The lowest BCUT2D eigenvalue weighted by Crippen LogP contribution is -2.34. The first-order valence-electron chi connectivity index (χ1n) is 6.70. The molecule has 2 heteroatoms. The van der Waals surface area contributed by atoms with Gasteiger partial charge in [0.2, 0.25) is 0 Å². The normalized spacial score (nSPS) is 14.8. The first-order valence-corrected chi connectivity index (χ1v) is 6.70. The number of nitrogens with two attached hydrogens (primary N) is 1. The zero-order chi connectivity index (χ0) is 12.8. The number of rotatable bonds is 8. The van der Waals surface area contributed by atoms with Gasteiger partial charge in [-0.3, -0.25) is 0 Å². The van der Waals surface area contributed by atoms with Crippen molar-refractivity contribution in [2.45, 2.75) is 59.9 Å². The Morgan fingerprint density at radius 2 is 1.69 bits per heavy atom. The Morgan fingerprint density at radius 1 is 1.12 bits per heavy atom. The van der Waals surface area contributed by atoms with Gasteiger partial charge in [-0.05, 0) is 57.7 Å². The van der Waals surface area contributed by atoms with Crippen LogP contribution in [0.5, 0.6) is 0 Å². The maximum Gasteiger partial charge on any atom is 0.00868 e. The summed E-state index contributed by atoms with van der Waals surface area (Å²) in [6.45, 7) is 13.6. The molecule has 16 heavy (non-hydrogen) atoms. The van der Waals surface area contributed by atoms with Crippen molar-refractivity contribution in [3.05, 3.63) is 0 Å². The third kappa shape index (κ3) is 6.49. The summed E-state index contributed by atoms with van der Waals surface area (Å²) in [6.07, 6.45) is 3.69. The van der Waals surface area contributed by atoms with E-state index in [-0.39, 0.29) is 0 Å². The largest absolute Gasteiger partial charge is 0.330 e. The monoisotopic (exact) mass is 228 g/mol. The summed E-state index contributed by atoms with van der Waals surface area (Å²) >= 11 is 0. The van der Waals surface area contributed by atoms with Gasteiger partial charge in [0.1, 0.15) is 0 Å². The van der Waals surface area contributed by atoms with E-state index in [4.69, 9.17) is 5.73 Å². The Balaban J connectivity index is 3.81. The van der Waals surface area contributed by atoms with Crippen molar-refractivity contribution in [3.8, 4) is 0 Å². The molecule has 1 atom stereocenters. The van der Waals surface area contributed by atoms with Crippen LogP contribution >= 0.6 is 0 Å². The van der Waals surface area contributed by atoms with Crippen LogP contribution in [0, 0.1) is 11.3 Å². The van der Waals surface area contributed by atoms with E-state index in [0.717, 1.165) is 18.9 Å². The van der Waals surface area contributed by atoms with E-state index in [9.17, 15) is 0 Å². The molecule has 2 N–H and O–H groups in total.